The molecular weight excluding hydrogens is 242 g/mol. The number of nitrogens with one attached hydrogen (secondary N) is 1. The Balaban J connectivity index is 1.74. The van der Waals surface area contributed by atoms with Gasteiger partial charge >= 0.3 is 0 Å². The lowest BCUT2D eigenvalue weighted by Crippen LogP contribution is -2.62. The SMILES string of the molecule is CCOC1CC(NCC2(O)CCC(C)CC2)C1OC. The molecule has 2 aliphatic carbocycles. The molecule has 112 valence electrons. The van der Waals surface area contributed by atoms with Crippen LogP contribution in [0.3, 0.4) is 0 Å². The summed E-state index contributed by atoms with van der Waals surface area (Å²) in [4.78, 5) is 0. The average Bonchev–Trinajstić information content (AvgIpc) is 2.37. The Morgan fingerprint density at radius 3 is 2.58 bits per heavy atom. The Hall–Kier alpha value is -0.160. The number of aliphatic hydroxyl groups is 1. The Kier molecular flexibility index (Phi) is 5.23. The van der Waals surface area contributed by atoms with Gasteiger partial charge in [-0.15, -0.1) is 0 Å². The van der Waals surface area contributed by atoms with Crippen LogP contribution < -0.4 is 5.32 Å². The van der Waals surface area contributed by atoms with Crippen molar-refractivity contribution in [1.82, 2.24) is 5.32 Å². The van der Waals surface area contributed by atoms with Crippen molar-refractivity contribution in [2.24, 2.45) is 5.92 Å². The first-order chi connectivity index (χ1) is 9.08. The summed E-state index contributed by atoms with van der Waals surface area (Å²) in [6, 6.07) is 0.324. The van der Waals surface area contributed by atoms with Gasteiger partial charge in [0.25, 0.3) is 0 Å². The van der Waals surface area contributed by atoms with Crippen LogP contribution in [0.1, 0.15) is 46.0 Å². The van der Waals surface area contributed by atoms with E-state index < -0.39 is 5.60 Å². The molecule has 0 aromatic rings. The van der Waals surface area contributed by atoms with Crippen molar-refractivity contribution < 1.29 is 14.6 Å². The van der Waals surface area contributed by atoms with Gasteiger partial charge in [-0.05, 0) is 44.9 Å². The highest BCUT2D eigenvalue weighted by atomic mass is 16.5. The molecule has 2 fully saturated rings. The van der Waals surface area contributed by atoms with Gasteiger partial charge in [0.05, 0.1) is 17.8 Å². The van der Waals surface area contributed by atoms with E-state index in [1.54, 1.807) is 7.11 Å². The standard InChI is InChI=1S/C15H29NO3/c1-4-19-13-9-12(14(13)18-3)16-10-15(17)7-5-11(2)6-8-15/h11-14,16-17H,4-10H2,1-3H3. The summed E-state index contributed by atoms with van der Waals surface area (Å²) in [7, 11) is 1.74. The van der Waals surface area contributed by atoms with Crippen molar-refractivity contribution in [2.75, 3.05) is 20.3 Å². The summed E-state index contributed by atoms with van der Waals surface area (Å²) in [6.07, 6.45) is 5.44. The molecule has 2 aliphatic rings. The number of hydrogen-bond acceptors (Lipinski definition) is 4. The first-order valence-corrected chi connectivity index (χ1v) is 7.68. The van der Waals surface area contributed by atoms with Crippen LogP contribution in [-0.2, 0) is 9.47 Å². The maximum absolute atomic E-state index is 10.6. The van der Waals surface area contributed by atoms with Gasteiger partial charge in [0, 0.05) is 26.3 Å². The van der Waals surface area contributed by atoms with E-state index in [1.807, 2.05) is 6.92 Å². The number of ether oxygens (including phenoxy) is 2. The molecule has 4 nitrogen and oxygen atoms in total. The fourth-order valence-corrected chi connectivity index (χ4v) is 3.27. The van der Waals surface area contributed by atoms with Crippen LogP contribution in [0.5, 0.6) is 0 Å². The van der Waals surface area contributed by atoms with E-state index in [9.17, 15) is 5.11 Å². The largest absolute Gasteiger partial charge is 0.389 e. The minimum absolute atomic E-state index is 0.131. The average molecular weight is 271 g/mol. The molecule has 2 saturated carbocycles. The molecule has 0 saturated heterocycles. The molecule has 0 aromatic carbocycles. The highest BCUT2D eigenvalue weighted by Crippen LogP contribution is 2.32. The smallest absolute Gasteiger partial charge is 0.0986 e. The topological polar surface area (TPSA) is 50.7 Å². The fraction of sp³-hybridized carbons (Fsp3) is 1.00. The van der Waals surface area contributed by atoms with Crippen molar-refractivity contribution >= 4 is 0 Å². The Labute approximate surface area is 116 Å². The van der Waals surface area contributed by atoms with Crippen LogP contribution in [0.25, 0.3) is 0 Å². The molecule has 0 radical (unpaired) electrons. The monoisotopic (exact) mass is 271 g/mol. The number of rotatable bonds is 6. The molecule has 0 heterocycles. The number of methoxy groups -OCH3 is 1. The molecular formula is C15H29NO3. The van der Waals surface area contributed by atoms with Crippen LogP contribution in [0.4, 0.5) is 0 Å². The predicted octanol–water partition coefficient (Wildman–Crippen LogP) is 1.71. The summed E-state index contributed by atoms with van der Waals surface area (Å²) in [5.41, 5.74) is -0.512. The van der Waals surface area contributed by atoms with Gasteiger partial charge in [-0.3, -0.25) is 0 Å². The van der Waals surface area contributed by atoms with Crippen LogP contribution >= 0.6 is 0 Å². The van der Waals surface area contributed by atoms with Gasteiger partial charge < -0.3 is 19.9 Å². The van der Waals surface area contributed by atoms with Gasteiger partial charge in [-0.1, -0.05) is 6.92 Å². The van der Waals surface area contributed by atoms with Crippen molar-refractivity contribution in [1.29, 1.82) is 0 Å². The van der Waals surface area contributed by atoms with E-state index >= 15 is 0 Å². The fourth-order valence-electron chi connectivity index (χ4n) is 3.27. The van der Waals surface area contributed by atoms with Gasteiger partial charge in [0.1, 0.15) is 0 Å². The Morgan fingerprint density at radius 1 is 1.32 bits per heavy atom. The summed E-state index contributed by atoms with van der Waals surface area (Å²) in [5, 5.41) is 14.0. The molecule has 0 bridgehead atoms. The zero-order valence-corrected chi connectivity index (χ0v) is 12.5. The highest BCUT2D eigenvalue weighted by Gasteiger charge is 2.43. The van der Waals surface area contributed by atoms with Crippen LogP contribution in [0, 0.1) is 5.92 Å². The van der Waals surface area contributed by atoms with Gasteiger partial charge in [-0.25, -0.2) is 0 Å². The molecule has 3 unspecified atom stereocenters. The molecule has 0 aromatic heterocycles. The molecule has 0 aliphatic heterocycles. The van der Waals surface area contributed by atoms with E-state index in [-0.39, 0.29) is 12.2 Å². The molecule has 0 spiro atoms. The van der Waals surface area contributed by atoms with Gasteiger partial charge in [0.15, 0.2) is 0 Å². The zero-order chi connectivity index (χ0) is 13.9. The van der Waals surface area contributed by atoms with Crippen molar-refractivity contribution in [3.8, 4) is 0 Å². The lowest BCUT2D eigenvalue weighted by Gasteiger charge is -2.45. The lowest BCUT2D eigenvalue weighted by atomic mass is 9.78. The van der Waals surface area contributed by atoms with E-state index in [0.717, 1.165) is 44.6 Å². The maximum atomic E-state index is 10.6. The highest BCUT2D eigenvalue weighted by molar-refractivity contribution is 4.99. The lowest BCUT2D eigenvalue weighted by molar-refractivity contribution is -0.135. The summed E-state index contributed by atoms with van der Waals surface area (Å²) in [5.74, 6) is 0.762. The van der Waals surface area contributed by atoms with E-state index in [4.69, 9.17) is 9.47 Å². The predicted molar refractivity (Wildman–Crippen MR) is 75.2 cm³/mol. The summed E-state index contributed by atoms with van der Waals surface area (Å²) < 4.78 is 11.1. The quantitative estimate of drug-likeness (QED) is 0.772. The summed E-state index contributed by atoms with van der Waals surface area (Å²) in [6.45, 7) is 5.70. The van der Waals surface area contributed by atoms with Crippen LogP contribution in [0.2, 0.25) is 0 Å². The summed E-state index contributed by atoms with van der Waals surface area (Å²) >= 11 is 0. The Bertz CT molecular complexity index is 277. The molecule has 4 heteroatoms. The number of hydrogen-bond donors (Lipinski definition) is 2. The van der Waals surface area contributed by atoms with Gasteiger partial charge in [-0.2, -0.15) is 0 Å². The van der Waals surface area contributed by atoms with Crippen molar-refractivity contribution in [3.63, 3.8) is 0 Å². The molecule has 3 atom stereocenters. The van der Waals surface area contributed by atoms with E-state index in [0.29, 0.717) is 12.6 Å². The van der Waals surface area contributed by atoms with Crippen LogP contribution in [-0.4, -0.2) is 49.2 Å². The van der Waals surface area contributed by atoms with Crippen LogP contribution in [0.15, 0.2) is 0 Å². The molecule has 2 rings (SSSR count). The first-order valence-electron chi connectivity index (χ1n) is 7.68. The second-order valence-electron chi connectivity index (χ2n) is 6.32. The third-order valence-electron chi connectivity index (χ3n) is 4.80. The molecule has 0 amide bonds. The van der Waals surface area contributed by atoms with E-state index in [2.05, 4.69) is 12.2 Å². The first kappa shape index (κ1) is 15.2. The van der Waals surface area contributed by atoms with Gasteiger partial charge in [0.2, 0.25) is 0 Å². The van der Waals surface area contributed by atoms with Crippen molar-refractivity contribution in [2.45, 2.75) is 69.8 Å². The maximum Gasteiger partial charge on any atom is 0.0986 e. The third-order valence-corrected chi connectivity index (χ3v) is 4.80. The third kappa shape index (κ3) is 3.69. The molecule has 2 N–H and O–H groups in total. The zero-order valence-electron chi connectivity index (χ0n) is 12.5. The van der Waals surface area contributed by atoms with E-state index in [1.165, 1.54) is 0 Å². The van der Waals surface area contributed by atoms with Crippen molar-refractivity contribution in [3.05, 3.63) is 0 Å². The Morgan fingerprint density at radius 2 is 2.00 bits per heavy atom. The minimum atomic E-state index is -0.512. The minimum Gasteiger partial charge on any atom is -0.389 e. The normalized spacial score (nSPS) is 42.9. The second kappa shape index (κ2) is 6.53. The molecule has 19 heavy (non-hydrogen) atoms. The second-order valence-corrected chi connectivity index (χ2v) is 6.32.